The van der Waals surface area contributed by atoms with Crippen LogP contribution in [0.4, 0.5) is 5.69 Å². The van der Waals surface area contributed by atoms with Crippen LogP contribution >= 0.6 is 12.4 Å². The van der Waals surface area contributed by atoms with Crippen molar-refractivity contribution in [1.29, 1.82) is 0 Å². The summed E-state index contributed by atoms with van der Waals surface area (Å²) in [6, 6.07) is 12.8. The van der Waals surface area contributed by atoms with Gasteiger partial charge in [0.05, 0.1) is 18.0 Å². The summed E-state index contributed by atoms with van der Waals surface area (Å²) in [6.07, 6.45) is 0.962. The van der Waals surface area contributed by atoms with E-state index in [9.17, 15) is 8.42 Å². The average molecular weight is 424 g/mol. The molecule has 8 heteroatoms. The molecule has 1 unspecified atom stereocenters. The van der Waals surface area contributed by atoms with E-state index < -0.39 is 10.0 Å². The molecule has 0 amide bonds. The first-order valence-corrected chi connectivity index (χ1v) is 10.7. The zero-order chi connectivity index (χ0) is 19.0. The molecular formula is C20H26ClN3O3S. The maximum atomic E-state index is 13.5. The number of sulfonamides is 1. The lowest BCUT2D eigenvalue weighted by atomic mass is 10.0. The summed E-state index contributed by atoms with van der Waals surface area (Å²) in [5.74, 6) is 0.708. The average Bonchev–Trinajstić information content (AvgIpc) is 3.08. The molecule has 2 aromatic rings. The fourth-order valence-electron chi connectivity index (χ4n) is 4.00. The number of anilines is 1. The zero-order valence-corrected chi connectivity index (χ0v) is 17.7. The van der Waals surface area contributed by atoms with Crippen molar-refractivity contribution >= 4 is 28.1 Å². The number of benzene rings is 2. The van der Waals surface area contributed by atoms with Gasteiger partial charge in [-0.15, -0.1) is 12.4 Å². The summed E-state index contributed by atoms with van der Waals surface area (Å²) in [6.45, 7) is 2.55. The Bertz CT molecular complexity index is 951. The van der Waals surface area contributed by atoms with Crippen LogP contribution < -0.4 is 15.0 Å². The van der Waals surface area contributed by atoms with Gasteiger partial charge in [0.1, 0.15) is 5.75 Å². The Morgan fingerprint density at radius 1 is 1.14 bits per heavy atom. The molecule has 1 fully saturated rings. The molecule has 1 saturated heterocycles. The highest BCUT2D eigenvalue weighted by molar-refractivity contribution is 7.89. The largest absolute Gasteiger partial charge is 0.496 e. The lowest BCUT2D eigenvalue weighted by molar-refractivity contribution is 0.264. The standard InChI is InChI=1S/C20H25N3O3S.ClH/c1-22-11-9-15-7-8-16(13-18(15)22)27(24,25)23-12-10-21-14-19(23)17-5-3-4-6-20(17)26-2;/h3-8,13,19,21H,9-12,14H2,1-2H3;1H. The Hall–Kier alpha value is -1.80. The number of nitrogens with one attached hydrogen (secondary N) is 1. The quantitative estimate of drug-likeness (QED) is 0.818. The second-order valence-corrected chi connectivity index (χ2v) is 8.93. The summed E-state index contributed by atoms with van der Waals surface area (Å²) in [5, 5.41) is 3.32. The van der Waals surface area contributed by atoms with Crippen molar-refractivity contribution in [2.75, 3.05) is 45.2 Å². The van der Waals surface area contributed by atoms with Crippen molar-refractivity contribution in [3.63, 3.8) is 0 Å². The molecular weight excluding hydrogens is 398 g/mol. The number of para-hydroxylation sites is 1. The number of hydrogen-bond acceptors (Lipinski definition) is 5. The van der Waals surface area contributed by atoms with Crippen LogP contribution in [0.15, 0.2) is 47.4 Å². The van der Waals surface area contributed by atoms with Gasteiger partial charge in [-0.3, -0.25) is 0 Å². The number of halogens is 1. The van der Waals surface area contributed by atoms with E-state index in [4.69, 9.17) is 4.74 Å². The first-order chi connectivity index (χ1) is 13.0. The van der Waals surface area contributed by atoms with E-state index in [2.05, 4.69) is 10.2 Å². The van der Waals surface area contributed by atoms with Gasteiger partial charge in [0.15, 0.2) is 0 Å². The summed E-state index contributed by atoms with van der Waals surface area (Å²) in [5.41, 5.74) is 3.10. The molecule has 0 bridgehead atoms. The number of nitrogens with zero attached hydrogens (tertiary/aromatic N) is 2. The van der Waals surface area contributed by atoms with E-state index in [1.807, 2.05) is 43.4 Å². The molecule has 28 heavy (non-hydrogen) atoms. The van der Waals surface area contributed by atoms with E-state index >= 15 is 0 Å². The Kier molecular flexibility index (Phi) is 6.19. The summed E-state index contributed by atoms with van der Waals surface area (Å²) in [4.78, 5) is 2.47. The predicted octanol–water partition coefficient (Wildman–Crippen LogP) is 2.44. The molecule has 0 radical (unpaired) electrons. The normalized spacial score (nSPS) is 19.8. The summed E-state index contributed by atoms with van der Waals surface area (Å²) < 4.78 is 34.1. The van der Waals surface area contributed by atoms with Crippen molar-refractivity contribution < 1.29 is 13.2 Å². The molecule has 0 aliphatic carbocycles. The third-order valence-corrected chi connectivity index (χ3v) is 7.39. The molecule has 2 aliphatic rings. The summed E-state index contributed by atoms with van der Waals surface area (Å²) >= 11 is 0. The van der Waals surface area contributed by atoms with E-state index in [-0.39, 0.29) is 18.4 Å². The van der Waals surface area contributed by atoms with Crippen molar-refractivity contribution in [1.82, 2.24) is 9.62 Å². The van der Waals surface area contributed by atoms with Gasteiger partial charge >= 0.3 is 0 Å². The Labute approximate surface area is 172 Å². The SMILES string of the molecule is COc1ccccc1C1CNCCN1S(=O)(=O)c1ccc2c(c1)N(C)CC2.Cl. The maximum Gasteiger partial charge on any atom is 0.243 e. The molecule has 2 aromatic carbocycles. The summed E-state index contributed by atoms with van der Waals surface area (Å²) in [7, 11) is 0.00176. The van der Waals surface area contributed by atoms with Crippen LogP contribution in [-0.2, 0) is 16.4 Å². The van der Waals surface area contributed by atoms with Crippen LogP contribution in [0.5, 0.6) is 5.75 Å². The van der Waals surface area contributed by atoms with Gasteiger partial charge in [-0.05, 0) is 30.2 Å². The maximum absolute atomic E-state index is 13.5. The molecule has 0 saturated carbocycles. The topological polar surface area (TPSA) is 61.9 Å². The lowest BCUT2D eigenvalue weighted by Gasteiger charge is -2.36. The van der Waals surface area contributed by atoms with Crippen LogP contribution in [0.25, 0.3) is 0 Å². The van der Waals surface area contributed by atoms with Crippen molar-refractivity contribution in [3.05, 3.63) is 53.6 Å². The van der Waals surface area contributed by atoms with Gasteiger partial charge in [-0.1, -0.05) is 24.3 Å². The Morgan fingerprint density at radius 2 is 1.93 bits per heavy atom. The fourth-order valence-corrected chi connectivity index (χ4v) is 5.62. The van der Waals surface area contributed by atoms with E-state index in [1.54, 1.807) is 17.5 Å². The van der Waals surface area contributed by atoms with Crippen LogP contribution in [0.1, 0.15) is 17.2 Å². The number of fused-ring (bicyclic) bond motifs is 1. The molecule has 2 aliphatic heterocycles. The molecule has 4 rings (SSSR count). The van der Waals surface area contributed by atoms with Crippen molar-refractivity contribution in [2.45, 2.75) is 17.4 Å². The number of hydrogen-bond donors (Lipinski definition) is 1. The Morgan fingerprint density at radius 3 is 2.71 bits per heavy atom. The van der Waals surface area contributed by atoms with E-state index in [0.29, 0.717) is 30.3 Å². The van der Waals surface area contributed by atoms with Crippen molar-refractivity contribution in [2.24, 2.45) is 0 Å². The lowest BCUT2D eigenvalue weighted by Crippen LogP contribution is -2.48. The second kappa shape index (κ2) is 8.29. The van der Waals surface area contributed by atoms with Gasteiger partial charge in [-0.2, -0.15) is 4.31 Å². The minimum Gasteiger partial charge on any atom is -0.496 e. The van der Waals surface area contributed by atoms with Crippen LogP contribution in [0.2, 0.25) is 0 Å². The van der Waals surface area contributed by atoms with Gasteiger partial charge in [0.25, 0.3) is 0 Å². The van der Waals surface area contributed by atoms with Gasteiger partial charge in [0, 0.05) is 44.5 Å². The molecule has 2 heterocycles. The fraction of sp³-hybridized carbons (Fsp3) is 0.400. The number of likely N-dealkylation sites (N-methyl/N-ethyl adjacent to an activating group) is 1. The Balaban J connectivity index is 0.00000225. The molecule has 0 aromatic heterocycles. The molecule has 1 atom stereocenters. The van der Waals surface area contributed by atoms with Crippen LogP contribution in [0.3, 0.4) is 0 Å². The number of methoxy groups -OCH3 is 1. The van der Waals surface area contributed by atoms with E-state index in [0.717, 1.165) is 24.2 Å². The van der Waals surface area contributed by atoms with Crippen molar-refractivity contribution in [3.8, 4) is 5.75 Å². The molecule has 0 spiro atoms. The molecule has 6 nitrogen and oxygen atoms in total. The minimum absolute atomic E-state index is 0. The second-order valence-electron chi connectivity index (χ2n) is 7.04. The highest BCUT2D eigenvalue weighted by Crippen LogP contribution is 2.36. The third kappa shape index (κ3) is 3.59. The first kappa shape index (κ1) is 20.9. The predicted molar refractivity (Wildman–Crippen MR) is 113 cm³/mol. The van der Waals surface area contributed by atoms with Gasteiger partial charge < -0.3 is 15.0 Å². The smallest absolute Gasteiger partial charge is 0.243 e. The monoisotopic (exact) mass is 423 g/mol. The highest BCUT2D eigenvalue weighted by Gasteiger charge is 2.36. The number of ether oxygens (including phenoxy) is 1. The zero-order valence-electron chi connectivity index (χ0n) is 16.1. The number of rotatable bonds is 4. The van der Waals surface area contributed by atoms with E-state index in [1.165, 1.54) is 5.56 Å². The third-order valence-electron chi connectivity index (χ3n) is 5.48. The minimum atomic E-state index is -3.62. The van der Waals surface area contributed by atoms with Crippen LogP contribution in [0, 0.1) is 0 Å². The van der Waals surface area contributed by atoms with Gasteiger partial charge in [0.2, 0.25) is 10.0 Å². The van der Waals surface area contributed by atoms with Gasteiger partial charge in [-0.25, -0.2) is 8.42 Å². The highest BCUT2D eigenvalue weighted by atomic mass is 35.5. The molecule has 1 N–H and O–H groups in total. The number of piperazine rings is 1. The first-order valence-electron chi connectivity index (χ1n) is 9.22. The van der Waals surface area contributed by atoms with Crippen LogP contribution in [-0.4, -0.2) is 53.1 Å². The molecule has 152 valence electrons.